The van der Waals surface area contributed by atoms with Gasteiger partial charge in [-0.25, -0.2) is 0 Å². The van der Waals surface area contributed by atoms with E-state index in [0.717, 1.165) is 18.3 Å². The van der Waals surface area contributed by atoms with E-state index >= 15 is 0 Å². The molecule has 1 saturated carbocycles. The molecular formula is C14H20O. The molecule has 0 unspecified atom stereocenters. The molecular weight excluding hydrogens is 184 g/mol. The van der Waals surface area contributed by atoms with Gasteiger partial charge in [-0.2, -0.15) is 0 Å². The summed E-state index contributed by atoms with van der Waals surface area (Å²) < 4.78 is 0. The van der Waals surface area contributed by atoms with E-state index in [1.165, 1.54) is 31.2 Å². The zero-order valence-electron chi connectivity index (χ0n) is 9.23. The molecule has 0 saturated heterocycles. The van der Waals surface area contributed by atoms with Crippen molar-refractivity contribution in [2.75, 3.05) is 6.61 Å². The van der Waals surface area contributed by atoms with Crippen molar-refractivity contribution in [3.05, 3.63) is 35.9 Å². The Morgan fingerprint density at radius 2 is 1.67 bits per heavy atom. The molecule has 0 amide bonds. The third kappa shape index (κ3) is 2.82. The smallest absolute Gasteiger partial charge is 0.0433 e. The third-order valence-electron chi connectivity index (χ3n) is 3.66. The second-order valence-electron chi connectivity index (χ2n) is 4.64. The standard InChI is InChI=1S/C14H20O/c15-11-10-12-6-8-14(9-7-12)13-4-2-1-3-5-13/h1-5,12,14-15H,6-11H2. The van der Waals surface area contributed by atoms with Crippen LogP contribution in [0.25, 0.3) is 0 Å². The van der Waals surface area contributed by atoms with Gasteiger partial charge in [-0.15, -0.1) is 0 Å². The second kappa shape index (κ2) is 5.32. The van der Waals surface area contributed by atoms with Gasteiger partial charge >= 0.3 is 0 Å². The largest absolute Gasteiger partial charge is 0.396 e. The molecule has 0 aromatic heterocycles. The Labute approximate surface area is 92.1 Å². The van der Waals surface area contributed by atoms with Crippen LogP contribution in [0, 0.1) is 5.92 Å². The van der Waals surface area contributed by atoms with E-state index < -0.39 is 0 Å². The Morgan fingerprint density at radius 3 is 2.27 bits per heavy atom. The van der Waals surface area contributed by atoms with Crippen molar-refractivity contribution in [3.63, 3.8) is 0 Å². The molecule has 1 N–H and O–H groups in total. The van der Waals surface area contributed by atoms with Crippen LogP contribution in [-0.2, 0) is 0 Å². The molecule has 1 heteroatoms. The van der Waals surface area contributed by atoms with Crippen molar-refractivity contribution in [1.29, 1.82) is 0 Å². The van der Waals surface area contributed by atoms with Crippen molar-refractivity contribution in [2.45, 2.75) is 38.0 Å². The van der Waals surface area contributed by atoms with Crippen LogP contribution >= 0.6 is 0 Å². The monoisotopic (exact) mass is 204 g/mol. The highest BCUT2D eigenvalue weighted by Gasteiger charge is 2.21. The Morgan fingerprint density at radius 1 is 1.00 bits per heavy atom. The van der Waals surface area contributed by atoms with Gasteiger partial charge in [0, 0.05) is 6.61 Å². The van der Waals surface area contributed by atoms with E-state index in [4.69, 9.17) is 5.11 Å². The summed E-state index contributed by atoms with van der Waals surface area (Å²) in [6.45, 7) is 0.362. The Hall–Kier alpha value is -0.820. The lowest BCUT2D eigenvalue weighted by Gasteiger charge is -2.28. The molecule has 1 fully saturated rings. The molecule has 1 aliphatic carbocycles. The number of aliphatic hydroxyl groups is 1. The van der Waals surface area contributed by atoms with E-state index in [-0.39, 0.29) is 0 Å². The number of benzene rings is 1. The molecule has 1 aromatic rings. The van der Waals surface area contributed by atoms with Gasteiger partial charge < -0.3 is 5.11 Å². The molecule has 0 heterocycles. The fourth-order valence-electron chi connectivity index (χ4n) is 2.69. The highest BCUT2D eigenvalue weighted by molar-refractivity contribution is 5.19. The lowest BCUT2D eigenvalue weighted by Crippen LogP contribution is -2.14. The Kier molecular flexibility index (Phi) is 3.79. The molecule has 0 spiro atoms. The lowest BCUT2D eigenvalue weighted by molar-refractivity contribution is 0.222. The highest BCUT2D eigenvalue weighted by Crippen LogP contribution is 2.36. The summed E-state index contributed by atoms with van der Waals surface area (Å²) in [7, 11) is 0. The van der Waals surface area contributed by atoms with Crippen LogP contribution in [0.2, 0.25) is 0 Å². The van der Waals surface area contributed by atoms with E-state index in [0.29, 0.717) is 6.61 Å². The zero-order valence-corrected chi connectivity index (χ0v) is 9.23. The number of rotatable bonds is 3. The fraction of sp³-hybridized carbons (Fsp3) is 0.571. The van der Waals surface area contributed by atoms with Gasteiger partial charge in [0.05, 0.1) is 0 Å². The first-order chi connectivity index (χ1) is 7.40. The van der Waals surface area contributed by atoms with E-state index in [2.05, 4.69) is 30.3 Å². The fourth-order valence-corrected chi connectivity index (χ4v) is 2.69. The topological polar surface area (TPSA) is 20.2 Å². The van der Waals surface area contributed by atoms with Crippen LogP contribution in [0.3, 0.4) is 0 Å². The summed E-state index contributed by atoms with van der Waals surface area (Å²) in [5, 5.41) is 8.90. The van der Waals surface area contributed by atoms with Crippen LogP contribution in [0.15, 0.2) is 30.3 Å². The molecule has 2 rings (SSSR count). The minimum absolute atomic E-state index is 0.362. The molecule has 0 aliphatic heterocycles. The average molecular weight is 204 g/mol. The van der Waals surface area contributed by atoms with Crippen molar-refractivity contribution < 1.29 is 5.11 Å². The minimum atomic E-state index is 0.362. The summed E-state index contributed by atoms with van der Waals surface area (Å²) in [5.74, 6) is 1.54. The molecule has 0 atom stereocenters. The number of hydrogen-bond acceptors (Lipinski definition) is 1. The summed E-state index contributed by atoms with van der Waals surface area (Å²) in [4.78, 5) is 0. The van der Waals surface area contributed by atoms with Gasteiger partial charge in [-0.3, -0.25) is 0 Å². The average Bonchev–Trinajstić information content (AvgIpc) is 2.32. The maximum Gasteiger partial charge on any atom is 0.0433 e. The highest BCUT2D eigenvalue weighted by atomic mass is 16.3. The predicted octanol–water partition coefficient (Wildman–Crippen LogP) is 3.34. The first-order valence-electron chi connectivity index (χ1n) is 6.06. The maximum absolute atomic E-state index is 8.90. The first-order valence-corrected chi connectivity index (χ1v) is 6.06. The van der Waals surface area contributed by atoms with Gasteiger partial charge in [0.25, 0.3) is 0 Å². The van der Waals surface area contributed by atoms with Crippen LogP contribution in [0.1, 0.15) is 43.6 Å². The normalized spacial score (nSPS) is 26.5. The van der Waals surface area contributed by atoms with Crippen molar-refractivity contribution in [3.8, 4) is 0 Å². The summed E-state index contributed by atoms with van der Waals surface area (Å²) in [6, 6.07) is 10.8. The van der Waals surface area contributed by atoms with Crippen LogP contribution in [-0.4, -0.2) is 11.7 Å². The van der Waals surface area contributed by atoms with E-state index in [1.807, 2.05) is 0 Å². The van der Waals surface area contributed by atoms with Crippen molar-refractivity contribution in [2.24, 2.45) is 5.92 Å². The van der Waals surface area contributed by atoms with Crippen LogP contribution < -0.4 is 0 Å². The quantitative estimate of drug-likeness (QED) is 0.800. The summed E-state index contributed by atoms with van der Waals surface area (Å²) in [5.41, 5.74) is 1.50. The molecule has 82 valence electrons. The van der Waals surface area contributed by atoms with Gasteiger partial charge in [0.2, 0.25) is 0 Å². The Balaban J connectivity index is 1.88. The third-order valence-corrected chi connectivity index (χ3v) is 3.66. The molecule has 0 radical (unpaired) electrons. The molecule has 15 heavy (non-hydrogen) atoms. The first kappa shape index (κ1) is 10.7. The zero-order chi connectivity index (χ0) is 10.5. The number of aliphatic hydroxyl groups excluding tert-OH is 1. The number of hydrogen-bond donors (Lipinski definition) is 1. The second-order valence-corrected chi connectivity index (χ2v) is 4.64. The minimum Gasteiger partial charge on any atom is -0.396 e. The van der Waals surface area contributed by atoms with Gasteiger partial charge in [0.15, 0.2) is 0 Å². The van der Waals surface area contributed by atoms with Gasteiger partial charge in [-0.1, -0.05) is 30.3 Å². The summed E-state index contributed by atoms with van der Waals surface area (Å²) >= 11 is 0. The molecule has 0 bridgehead atoms. The maximum atomic E-state index is 8.90. The van der Waals surface area contributed by atoms with E-state index in [1.54, 1.807) is 0 Å². The van der Waals surface area contributed by atoms with Crippen molar-refractivity contribution in [1.82, 2.24) is 0 Å². The molecule has 1 aromatic carbocycles. The predicted molar refractivity (Wildman–Crippen MR) is 62.8 cm³/mol. The van der Waals surface area contributed by atoms with E-state index in [9.17, 15) is 0 Å². The molecule has 1 aliphatic rings. The molecule has 1 nitrogen and oxygen atoms in total. The summed E-state index contributed by atoms with van der Waals surface area (Å²) in [6.07, 6.45) is 6.19. The van der Waals surface area contributed by atoms with Crippen LogP contribution in [0.5, 0.6) is 0 Å². The van der Waals surface area contributed by atoms with Gasteiger partial charge in [0.1, 0.15) is 0 Å². The van der Waals surface area contributed by atoms with Gasteiger partial charge in [-0.05, 0) is 49.5 Å². The van der Waals surface area contributed by atoms with Crippen molar-refractivity contribution >= 4 is 0 Å². The lowest BCUT2D eigenvalue weighted by atomic mass is 9.78. The van der Waals surface area contributed by atoms with Crippen LogP contribution in [0.4, 0.5) is 0 Å². The Bertz CT molecular complexity index is 273. The SMILES string of the molecule is OCCC1CCC(c2ccccc2)CC1.